The van der Waals surface area contributed by atoms with Gasteiger partial charge in [-0.25, -0.2) is 22.9 Å². The molecule has 0 amide bonds. The molecule has 0 saturated heterocycles. The highest BCUT2D eigenvalue weighted by molar-refractivity contribution is 7.89. The summed E-state index contributed by atoms with van der Waals surface area (Å²) in [6.45, 7) is 2.00. The van der Waals surface area contributed by atoms with E-state index in [4.69, 9.17) is 5.11 Å². The first-order valence-electron chi connectivity index (χ1n) is 6.56. The molecule has 0 atom stereocenters. The number of hydrogen-bond acceptors (Lipinski definition) is 5. The molecule has 6 nitrogen and oxygen atoms in total. The normalized spacial score (nSPS) is 11.5. The van der Waals surface area contributed by atoms with Gasteiger partial charge in [0.25, 0.3) is 0 Å². The molecule has 0 aliphatic rings. The molecule has 118 valence electrons. The van der Waals surface area contributed by atoms with E-state index in [0.29, 0.717) is 12.0 Å². The van der Waals surface area contributed by atoms with Gasteiger partial charge in [0.05, 0.1) is 22.5 Å². The maximum Gasteiger partial charge on any atom is 0.335 e. The van der Waals surface area contributed by atoms with E-state index in [9.17, 15) is 13.2 Å². The third kappa shape index (κ3) is 4.62. The minimum atomic E-state index is -3.39. The highest BCUT2D eigenvalue weighted by atomic mass is 32.2. The summed E-state index contributed by atoms with van der Waals surface area (Å²) in [5.41, 5.74) is 3.45. The molecule has 2 N–H and O–H groups in total. The third-order valence-corrected chi connectivity index (χ3v) is 5.46. The summed E-state index contributed by atoms with van der Waals surface area (Å²) in [6, 6.07) is 6.10. The van der Waals surface area contributed by atoms with Crippen molar-refractivity contribution >= 4 is 27.3 Å². The Hall–Kier alpha value is -1.77. The number of carboxylic acids is 1. The van der Waals surface area contributed by atoms with Crippen molar-refractivity contribution in [1.29, 1.82) is 0 Å². The lowest BCUT2D eigenvalue weighted by atomic mass is 10.1. The first-order chi connectivity index (χ1) is 10.4. The third-order valence-electron chi connectivity index (χ3n) is 3.14. The number of aromatic carboxylic acids is 1. The number of thiazole rings is 1. The number of aromatic nitrogens is 1. The molecular formula is C14H16N2O4S2. The van der Waals surface area contributed by atoms with Gasteiger partial charge in [-0.3, -0.25) is 0 Å². The lowest BCUT2D eigenvalue weighted by Crippen LogP contribution is -2.26. The smallest absolute Gasteiger partial charge is 0.335 e. The van der Waals surface area contributed by atoms with Crippen LogP contribution in [0, 0.1) is 6.92 Å². The lowest BCUT2D eigenvalue weighted by Gasteiger charge is -2.07. The number of rotatable bonds is 7. The van der Waals surface area contributed by atoms with Crippen LogP contribution in [0.15, 0.2) is 29.8 Å². The van der Waals surface area contributed by atoms with Crippen LogP contribution in [0.4, 0.5) is 0 Å². The van der Waals surface area contributed by atoms with Crippen molar-refractivity contribution < 1.29 is 18.3 Å². The van der Waals surface area contributed by atoms with Crippen LogP contribution in [0.1, 0.15) is 26.5 Å². The van der Waals surface area contributed by atoms with Crippen molar-refractivity contribution in [2.24, 2.45) is 0 Å². The first kappa shape index (κ1) is 16.6. The Bertz CT molecular complexity index is 751. The van der Waals surface area contributed by atoms with Crippen LogP contribution < -0.4 is 4.72 Å². The van der Waals surface area contributed by atoms with Gasteiger partial charge < -0.3 is 5.11 Å². The summed E-state index contributed by atoms with van der Waals surface area (Å²) < 4.78 is 26.4. The minimum Gasteiger partial charge on any atom is -0.478 e. The Kier molecular flexibility index (Phi) is 5.28. The fourth-order valence-corrected chi connectivity index (χ4v) is 3.74. The molecule has 1 heterocycles. The number of carboxylic acid groups (broad SMARTS) is 1. The van der Waals surface area contributed by atoms with Crippen LogP contribution in [-0.4, -0.2) is 30.2 Å². The molecule has 1 aromatic heterocycles. The number of nitrogens with one attached hydrogen (secondary N) is 1. The van der Waals surface area contributed by atoms with Gasteiger partial charge in [-0.15, -0.1) is 11.3 Å². The summed E-state index contributed by atoms with van der Waals surface area (Å²) in [4.78, 5) is 15.8. The van der Waals surface area contributed by atoms with E-state index in [1.165, 1.54) is 23.5 Å². The second-order valence-electron chi connectivity index (χ2n) is 4.75. The van der Waals surface area contributed by atoms with E-state index in [1.54, 1.807) is 17.6 Å². The maximum absolute atomic E-state index is 12.0. The molecule has 0 radical (unpaired) electrons. The monoisotopic (exact) mass is 340 g/mol. The van der Waals surface area contributed by atoms with Crippen molar-refractivity contribution in [2.45, 2.75) is 19.9 Å². The summed E-state index contributed by atoms with van der Waals surface area (Å²) in [6.07, 6.45) is 0.434. The van der Waals surface area contributed by atoms with Gasteiger partial charge in [0.2, 0.25) is 10.0 Å². The van der Waals surface area contributed by atoms with Crippen molar-refractivity contribution in [3.05, 3.63) is 51.5 Å². The number of aryl methyl sites for hydroxylation is 2. The van der Waals surface area contributed by atoms with Gasteiger partial charge in [0.1, 0.15) is 0 Å². The Morgan fingerprint density at radius 1 is 1.32 bits per heavy atom. The Balaban J connectivity index is 1.89. The zero-order valence-corrected chi connectivity index (χ0v) is 13.6. The molecule has 0 spiro atoms. The second kappa shape index (κ2) is 6.99. The second-order valence-corrected chi connectivity index (χ2v) is 7.62. The van der Waals surface area contributed by atoms with Gasteiger partial charge >= 0.3 is 5.97 Å². The Labute approximate surface area is 132 Å². The molecule has 0 bridgehead atoms. The topological polar surface area (TPSA) is 96.4 Å². The zero-order valence-electron chi connectivity index (χ0n) is 11.9. The number of carbonyl (C=O) groups is 1. The summed E-state index contributed by atoms with van der Waals surface area (Å²) >= 11 is 1.45. The molecular weight excluding hydrogens is 324 g/mol. The van der Waals surface area contributed by atoms with Crippen LogP contribution in [0.3, 0.4) is 0 Å². The van der Waals surface area contributed by atoms with E-state index in [-0.39, 0.29) is 17.9 Å². The first-order valence-corrected chi connectivity index (χ1v) is 9.09. The Morgan fingerprint density at radius 3 is 2.55 bits per heavy atom. The van der Waals surface area contributed by atoms with Gasteiger partial charge in [0.15, 0.2) is 0 Å². The summed E-state index contributed by atoms with van der Waals surface area (Å²) in [5, 5.41) is 8.80. The predicted octanol–water partition coefficient (Wildman–Crippen LogP) is 1.81. The highest BCUT2D eigenvalue weighted by Gasteiger charge is 2.12. The van der Waals surface area contributed by atoms with E-state index in [1.807, 2.05) is 6.92 Å². The van der Waals surface area contributed by atoms with Crippen LogP contribution in [0.25, 0.3) is 0 Å². The molecule has 2 aromatic rings. The van der Waals surface area contributed by atoms with Crippen molar-refractivity contribution in [1.82, 2.24) is 9.71 Å². The van der Waals surface area contributed by atoms with E-state index >= 15 is 0 Å². The minimum absolute atomic E-state index is 0.00322. The van der Waals surface area contributed by atoms with E-state index in [2.05, 4.69) is 9.71 Å². The highest BCUT2D eigenvalue weighted by Crippen LogP contribution is 2.13. The SMILES string of the molecule is Cc1ncsc1CCS(=O)(=O)NCc1ccc(C(=O)O)cc1. The number of sulfonamides is 1. The fraction of sp³-hybridized carbons (Fsp3) is 0.286. The number of benzene rings is 1. The average Bonchev–Trinajstić information content (AvgIpc) is 2.89. The number of hydrogen-bond donors (Lipinski definition) is 2. The molecule has 0 saturated carbocycles. The van der Waals surface area contributed by atoms with Crippen molar-refractivity contribution in [3.63, 3.8) is 0 Å². The molecule has 0 unspecified atom stereocenters. The maximum atomic E-state index is 12.0. The molecule has 0 fully saturated rings. The van der Waals surface area contributed by atoms with Crippen LogP contribution in [0.5, 0.6) is 0 Å². The summed E-state index contributed by atoms with van der Waals surface area (Å²) in [7, 11) is -3.39. The largest absolute Gasteiger partial charge is 0.478 e. The fourth-order valence-electron chi connectivity index (χ4n) is 1.82. The van der Waals surface area contributed by atoms with Crippen LogP contribution in [0.2, 0.25) is 0 Å². The van der Waals surface area contributed by atoms with E-state index in [0.717, 1.165) is 10.6 Å². The standard InChI is InChI=1S/C14H16N2O4S2/c1-10-13(21-9-15-10)6-7-22(19,20)16-8-11-2-4-12(5-3-11)14(17)18/h2-5,9,16H,6-8H2,1H3,(H,17,18). The molecule has 0 aliphatic carbocycles. The van der Waals surface area contributed by atoms with Gasteiger partial charge in [0, 0.05) is 11.4 Å². The van der Waals surface area contributed by atoms with Crippen LogP contribution >= 0.6 is 11.3 Å². The van der Waals surface area contributed by atoms with Gasteiger partial charge in [-0.1, -0.05) is 12.1 Å². The lowest BCUT2D eigenvalue weighted by molar-refractivity contribution is 0.0697. The van der Waals surface area contributed by atoms with Gasteiger partial charge in [-0.05, 0) is 31.0 Å². The van der Waals surface area contributed by atoms with Crippen molar-refractivity contribution in [3.8, 4) is 0 Å². The molecule has 2 rings (SSSR count). The molecule has 22 heavy (non-hydrogen) atoms. The molecule has 1 aromatic carbocycles. The molecule has 0 aliphatic heterocycles. The Morgan fingerprint density at radius 2 is 2.00 bits per heavy atom. The van der Waals surface area contributed by atoms with Gasteiger partial charge in [-0.2, -0.15) is 0 Å². The van der Waals surface area contributed by atoms with Crippen molar-refractivity contribution in [2.75, 3.05) is 5.75 Å². The predicted molar refractivity (Wildman–Crippen MR) is 84.6 cm³/mol. The molecule has 8 heteroatoms. The van der Waals surface area contributed by atoms with E-state index < -0.39 is 16.0 Å². The number of nitrogens with zero attached hydrogens (tertiary/aromatic N) is 1. The quantitative estimate of drug-likeness (QED) is 0.801. The average molecular weight is 340 g/mol. The van der Waals surface area contributed by atoms with Crippen LogP contribution in [-0.2, 0) is 23.0 Å². The summed E-state index contributed by atoms with van der Waals surface area (Å²) in [5.74, 6) is -1.00. The zero-order chi connectivity index (χ0) is 16.2.